The minimum Gasteiger partial charge on any atom is -0.444 e. The molecule has 0 radical (unpaired) electrons. The second-order valence-corrected chi connectivity index (χ2v) is 15.1. The highest BCUT2D eigenvalue weighted by molar-refractivity contribution is 5.99. The summed E-state index contributed by atoms with van der Waals surface area (Å²) in [6, 6.07) is 11.7. The van der Waals surface area contributed by atoms with Gasteiger partial charge in [0.15, 0.2) is 0 Å². The first-order valence-electron chi connectivity index (χ1n) is 17.9. The molecular weight excluding hydrogens is 721 g/mol. The summed E-state index contributed by atoms with van der Waals surface area (Å²) in [6.07, 6.45) is -4.63. The summed E-state index contributed by atoms with van der Waals surface area (Å²) < 4.78 is 50.4. The van der Waals surface area contributed by atoms with Gasteiger partial charge in [-0.25, -0.2) is 9.59 Å². The van der Waals surface area contributed by atoms with E-state index in [-0.39, 0.29) is 32.6 Å². The van der Waals surface area contributed by atoms with Gasteiger partial charge in [-0.15, -0.1) is 0 Å². The van der Waals surface area contributed by atoms with Gasteiger partial charge in [0, 0.05) is 61.7 Å². The number of hydrogen-bond donors (Lipinski definition) is 4. The lowest BCUT2D eigenvalue weighted by Crippen LogP contribution is -2.49. The molecule has 55 heavy (non-hydrogen) atoms. The molecule has 3 unspecified atom stereocenters. The Labute approximate surface area is 319 Å². The molecule has 16 heteroatoms. The molecule has 3 rings (SSSR count). The number of benzene rings is 2. The number of halogens is 3. The standard InChI is InChI=1S/C39H51F3N6O7/c1-24(22-31(49)48(20-18-44-35(52)54-37(3,4)5)21-19-45-36(53)55-38(6,7)8)33(50)47-32(25(2)26-11-13-28(14-12-26)39(40,41)42)34(51)46-29-15-16-30-27(23-29)10-9-17-43-30/h9-17,23-25,32H,18-22H2,1-8H3,(H,44,52)(H,45,53)(H,46,51)(H,47,50). The number of ether oxygens (including phenoxy) is 2. The summed E-state index contributed by atoms with van der Waals surface area (Å²) in [4.78, 5) is 71.1. The van der Waals surface area contributed by atoms with Crippen LogP contribution in [0.5, 0.6) is 0 Å². The van der Waals surface area contributed by atoms with Gasteiger partial charge in [-0.05, 0) is 83.5 Å². The highest BCUT2D eigenvalue weighted by Gasteiger charge is 2.33. The molecule has 0 spiro atoms. The van der Waals surface area contributed by atoms with Crippen LogP contribution in [0.15, 0.2) is 60.8 Å². The zero-order valence-corrected chi connectivity index (χ0v) is 32.4. The van der Waals surface area contributed by atoms with Crippen molar-refractivity contribution in [2.45, 2.75) is 91.1 Å². The normalized spacial score (nSPS) is 13.5. The number of rotatable bonds is 14. The van der Waals surface area contributed by atoms with Crippen LogP contribution >= 0.6 is 0 Å². The van der Waals surface area contributed by atoms with Crippen molar-refractivity contribution < 1.29 is 46.6 Å². The van der Waals surface area contributed by atoms with E-state index in [0.717, 1.165) is 17.5 Å². The van der Waals surface area contributed by atoms with E-state index in [1.165, 1.54) is 24.0 Å². The van der Waals surface area contributed by atoms with Crippen molar-refractivity contribution in [3.8, 4) is 0 Å². The molecule has 2 aromatic carbocycles. The maximum atomic E-state index is 13.8. The number of alkyl halides is 3. The van der Waals surface area contributed by atoms with Gasteiger partial charge in [0.25, 0.3) is 0 Å². The quantitative estimate of drug-likeness (QED) is 0.146. The number of alkyl carbamates (subject to hydrolysis) is 2. The summed E-state index contributed by atoms with van der Waals surface area (Å²) in [6.45, 7) is 13.4. The molecule has 0 saturated heterocycles. The van der Waals surface area contributed by atoms with Crippen LogP contribution in [0.3, 0.4) is 0 Å². The number of carbonyl (C=O) groups is 5. The van der Waals surface area contributed by atoms with E-state index in [0.29, 0.717) is 16.8 Å². The first-order valence-corrected chi connectivity index (χ1v) is 17.9. The molecule has 0 aliphatic heterocycles. The van der Waals surface area contributed by atoms with Crippen LogP contribution < -0.4 is 21.3 Å². The fourth-order valence-corrected chi connectivity index (χ4v) is 5.31. The van der Waals surface area contributed by atoms with Crippen molar-refractivity contribution in [2.75, 3.05) is 31.5 Å². The summed E-state index contributed by atoms with van der Waals surface area (Å²) in [5, 5.41) is 11.4. The predicted molar refractivity (Wildman–Crippen MR) is 201 cm³/mol. The Morgan fingerprint density at radius 1 is 0.782 bits per heavy atom. The number of anilines is 1. The number of amides is 5. The van der Waals surface area contributed by atoms with Crippen LogP contribution in [0, 0.1) is 5.92 Å². The van der Waals surface area contributed by atoms with Crippen molar-refractivity contribution >= 4 is 46.5 Å². The molecule has 0 bridgehead atoms. The van der Waals surface area contributed by atoms with Gasteiger partial charge in [-0.2, -0.15) is 13.2 Å². The highest BCUT2D eigenvalue weighted by Crippen LogP contribution is 2.31. The van der Waals surface area contributed by atoms with Gasteiger partial charge in [0.2, 0.25) is 17.7 Å². The molecule has 5 amide bonds. The zero-order chi connectivity index (χ0) is 41.1. The molecule has 3 atom stereocenters. The van der Waals surface area contributed by atoms with Crippen LogP contribution in [-0.2, 0) is 30.0 Å². The summed E-state index contributed by atoms with van der Waals surface area (Å²) in [5.41, 5.74) is -0.893. The zero-order valence-electron chi connectivity index (χ0n) is 32.4. The van der Waals surface area contributed by atoms with Crippen LogP contribution in [-0.4, -0.2) is 83.2 Å². The molecule has 4 N–H and O–H groups in total. The van der Waals surface area contributed by atoms with E-state index in [4.69, 9.17) is 9.47 Å². The Kier molecular flexibility index (Phi) is 15.0. The van der Waals surface area contributed by atoms with Gasteiger partial charge in [-0.1, -0.05) is 32.0 Å². The van der Waals surface area contributed by atoms with Crippen LogP contribution in [0.1, 0.15) is 78.9 Å². The molecule has 0 saturated carbocycles. The van der Waals surface area contributed by atoms with E-state index >= 15 is 0 Å². The second kappa shape index (κ2) is 18.8. The van der Waals surface area contributed by atoms with Gasteiger partial charge in [0.05, 0.1) is 11.1 Å². The van der Waals surface area contributed by atoms with E-state index in [2.05, 4.69) is 26.3 Å². The first kappa shape index (κ1) is 44.0. The molecule has 13 nitrogen and oxygen atoms in total. The molecule has 1 heterocycles. The van der Waals surface area contributed by atoms with E-state index < -0.39 is 70.7 Å². The number of pyridine rings is 1. The molecule has 1 aromatic heterocycles. The summed E-state index contributed by atoms with van der Waals surface area (Å²) >= 11 is 0. The average molecular weight is 773 g/mol. The fourth-order valence-electron chi connectivity index (χ4n) is 5.31. The first-order chi connectivity index (χ1) is 25.5. The van der Waals surface area contributed by atoms with E-state index in [1.807, 2.05) is 6.07 Å². The number of nitrogens with one attached hydrogen (secondary N) is 4. The summed E-state index contributed by atoms with van der Waals surface area (Å²) in [7, 11) is 0. The molecule has 0 aliphatic carbocycles. The monoisotopic (exact) mass is 772 g/mol. The number of hydrogen-bond acceptors (Lipinski definition) is 8. The Morgan fingerprint density at radius 3 is 1.87 bits per heavy atom. The number of aromatic nitrogens is 1. The molecule has 0 fully saturated rings. The van der Waals surface area contributed by atoms with Gasteiger partial charge < -0.3 is 35.6 Å². The SMILES string of the molecule is CC(CC(=O)N(CCNC(=O)OC(C)(C)C)CCNC(=O)OC(C)(C)C)C(=O)NC(C(=O)Nc1ccc2ncccc2c1)C(C)c1ccc(C(F)(F)F)cc1. The molecule has 0 aliphatic rings. The lowest BCUT2D eigenvalue weighted by atomic mass is 9.91. The van der Waals surface area contributed by atoms with Crippen molar-refractivity contribution in [2.24, 2.45) is 5.92 Å². The maximum absolute atomic E-state index is 13.8. The fraction of sp³-hybridized carbons (Fsp3) is 0.487. The lowest BCUT2D eigenvalue weighted by molar-refractivity contribution is -0.137. The molecule has 300 valence electrons. The maximum Gasteiger partial charge on any atom is 0.416 e. The number of nitrogens with zero attached hydrogens (tertiary/aromatic N) is 2. The van der Waals surface area contributed by atoms with Gasteiger partial charge >= 0.3 is 18.4 Å². The average Bonchev–Trinajstić information content (AvgIpc) is 3.07. The number of fused-ring (bicyclic) bond motifs is 1. The third-order valence-electron chi connectivity index (χ3n) is 8.10. The third kappa shape index (κ3) is 14.7. The van der Waals surface area contributed by atoms with Crippen LogP contribution in [0.2, 0.25) is 0 Å². The Bertz CT molecular complexity index is 1770. The molecular formula is C39H51F3N6O7. The largest absolute Gasteiger partial charge is 0.444 e. The third-order valence-corrected chi connectivity index (χ3v) is 8.10. The lowest BCUT2D eigenvalue weighted by Gasteiger charge is -2.28. The van der Waals surface area contributed by atoms with Crippen molar-refractivity contribution in [1.82, 2.24) is 25.8 Å². The van der Waals surface area contributed by atoms with E-state index in [9.17, 15) is 37.1 Å². The minimum atomic E-state index is -4.56. The number of carbonyl (C=O) groups excluding carboxylic acids is 5. The topological polar surface area (TPSA) is 168 Å². The summed E-state index contributed by atoms with van der Waals surface area (Å²) in [5.74, 6) is -3.56. The van der Waals surface area contributed by atoms with Gasteiger partial charge in [-0.3, -0.25) is 19.4 Å². The molecule has 3 aromatic rings. The van der Waals surface area contributed by atoms with Gasteiger partial charge in [0.1, 0.15) is 17.2 Å². The minimum absolute atomic E-state index is 0.00535. The smallest absolute Gasteiger partial charge is 0.416 e. The van der Waals surface area contributed by atoms with Crippen LogP contribution in [0.4, 0.5) is 28.4 Å². The highest BCUT2D eigenvalue weighted by atomic mass is 19.4. The second-order valence-electron chi connectivity index (χ2n) is 15.1. The van der Waals surface area contributed by atoms with Crippen molar-refractivity contribution in [1.29, 1.82) is 0 Å². The van der Waals surface area contributed by atoms with Crippen LogP contribution in [0.25, 0.3) is 10.9 Å². The Hall–Kier alpha value is -5.41. The Balaban J connectivity index is 1.78. The van der Waals surface area contributed by atoms with Crippen molar-refractivity contribution in [3.05, 3.63) is 71.9 Å². The predicted octanol–water partition coefficient (Wildman–Crippen LogP) is 6.38. The van der Waals surface area contributed by atoms with Crippen molar-refractivity contribution in [3.63, 3.8) is 0 Å². The van der Waals surface area contributed by atoms with E-state index in [1.54, 1.807) is 78.9 Å². The Morgan fingerprint density at radius 2 is 1.35 bits per heavy atom.